The summed E-state index contributed by atoms with van der Waals surface area (Å²) >= 11 is 0. The van der Waals surface area contributed by atoms with E-state index in [2.05, 4.69) is 57.1 Å². The summed E-state index contributed by atoms with van der Waals surface area (Å²) in [4.78, 5) is 7.00. The molecule has 0 aliphatic rings. The SMILES string of the molecule is CCCNCc1cc(C(C)C)nc(N(C)C(C)COC)c1. The van der Waals surface area contributed by atoms with E-state index in [9.17, 15) is 0 Å². The van der Waals surface area contributed by atoms with Gasteiger partial charge in [-0.15, -0.1) is 0 Å². The smallest absolute Gasteiger partial charge is 0.129 e. The van der Waals surface area contributed by atoms with Crippen LogP contribution in [0.2, 0.25) is 0 Å². The first-order chi connectivity index (χ1) is 9.99. The second-order valence-corrected chi connectivity index (χ2v) is 6.01. The standard InChI is InChI=1S/C17H31N3O/c1-7-8-18-11-15-9-16(13(2)3)19-17(10-15)20(5)14(4)12-21-6/h9-10,13-14,18H,7-8,11-12H2,1-6H3. The molecule has 0 bridgehead atoms. The summed E-state index contributed by atoms with van der Waals surface area (Å²) in [5.74, 6) is 1.46. The van der Waals surface area contributed by atoms with Crippen molar-refractivity contribution in [1.29, 1.82) is 0 Å². The summed E-state index contributed by atoms with van der Waals surface area (Å²) < 4.78 is 5.25. The van der Waals surface area contributed by atoms with E-state index in [1.807, 2.05) is 0 Å². The first-order valence-corrected chi connectivity index (χ1v) is 7.92. The van der Waals surface area contributed by atoms with E-state index in [-0.39, 0.29) is 0 Å². The largest absolute Gasteiger partial charge is 0.383 e. The van der Waals surface area contributed by atoms with Crippen molar-refractivity contribution in [3.05, 3.63) is 23.4 Å². The van der Waals surface area contributed by atoms with Crippen LogP contribution in [-0.2, 0) is 11.3 Å². The number of ether oxygens (including phenoxy) is 1. The number of rotatable bonds is 9. The third-order valence-electron chi connectivity index (χ3n) is 3.67. The Labute approximate surface area is 129 Å². The Bertz CT molecular complexity index is 420. The minimum Gasteiger partial charge on any atom is -0.383 e. The van der Waals surface area contributed by atoms with Crippen LogP contribution in [0.15, 0.2) is 12.1 Å². The van der Waals surface area contributed by atoms with Gasteiger partial charge in [0, 0.05) is 26.4 Å². The fourth-order valence-corrected chi connectivity index (χ4v) is 2.16. The molecule has 0 aliphatic heterocycles. The van der Waals surface area contributed by atoms with Crippen molar-refractivity contribution in [1.82, 2.24) is 10.3 Å². The highest BCUT2D eigenvalue weighted by molar-refractivity contribution is 5.43. The maximum atomic E-state index is 5.25. The van der Waals surface area contributed by atoms with Gasteiger partial charge in [0.2, 0.25) is 0 Å². The summed E-state index contributed by atoms with van der Waals surface area (Å²) in [5, 5.41) is 3.47. The van der Waals surface area contributed by atoms with Crippen LogP contribution in [0.3, 0.4) is 0 Å². The zero-order valence-corrected chi connectivity index (χ0v) is 14.4. The molecule has 1 aromatic rings. The molecule has 0 saturated heterocycles. The molecule has 120 valence electrons. The Kier molecular flexibility index (Phi) is 7.68. The molecule has 0 spiro atoms. The molecule has 4 nitrogen and oxygen atoms in total. The summed E-state index contributed by atoms with van der Waals surface area (Å²) in [6.45, 7) is 11.4. The van der Waals surface area contributed by atoms with Gasteiger partial charge in [-0.05, 0) is 43.5 Å². The van der Waals surface area contributed by atoms with Crippen LogP contribution in [0.4, 0.5) is 5.82 Å². The molecule has 1 atom stereocenters. The van der Waals surface area contributed by atoms with E-state index >= 15 is 0 Å². The summed E-state index contributed by atoms with van der Waals surface area (Å²) in [5.41, 5.74) is 2.45. The van der Waals surface area contributed by atoms with Crippen LogP contribution in [0.5, 0.6) is 0 Å². The lowest BCUT2D eigenvalue weighted by atomic mass is 10.1. The average molecular weight is 293 g/mol. The third kappa shape index (κ3) is 5.64. The molecule has 0 fully saturated rings. The quantitative estimate of drug-likeness (QED) is 0.710. The van der Waals surface area contributed by atoms with Crippen molar-refractivity contribution in [3.8, 4) is 0 Å². The van der Waals surface area contributed by atoms with Gasteiger partial charge in [-0.2, -0.15) is 0 Å². The molecule has 0 amide bonds. The predicted molar refractivity (Wildman–Crippen MR) is 90.1 cm³/mol. The highest BCUT2D eigenvalue weighted by Crippen LogP contribution is 2.21. The Morgan fingerprint density at radius 2 is 2.00 bits per heavy atom. The first kappa shape index (κ1) is 17.9. The molecule has 1 heterocycles. The fraction of sp³-hybridized carbons (Fsp3) is 0.706. The number of pyridine rings is 1. The lowest BCUT2D eigenvalue weighted by molar-refractivity contribution is 0.183. The van der Waals surface area contributed by atoms with Crippen molar-refractivity contribution in [2.45, 2.75) is 52.6 Å². The molecule has 1 N–H and O–H groups in total. The van der Waals surface area contributed by atoms with Crippen molar-refractivity contribution in [2.75, 3.05) is 32.2 Å². The second-order valence-electron chi connectivity index (χ2n) is 6.01. The van der Waals surface area contributed by atoms with Crippen LogP contribution in [0.25, 0.3) is 0 Å². The Hall–Kier alpha value is -1.13. The number of nitrogens with zero attached hydrogens (tertiary/aromatic N) is 2. The molecular formula is C17H31N3O. The van der Waals surface area contributed by atoms with E-state index < -0.39 is 0 Å². The molecule has 1 unspecified atom stereocenters. The Morgan fingerprint density at radius 1 is 1.29 bits per heavy atom. The maximum Gasteiger partial charge on any atom is 0.129 e. The van der Waals surface area contributed by atoms with E-state index in [0.29, 0.717) is 18.6 Å². The lowest BCUT2D eigenvalue weighted by Crippen LogP contribution is -2.33. The van der Waals surface area contributed by atoms with Crippen molar-refractivity contribution >= 4 is 5.82 Å². The molecule has 21 heavy (non-hydrogen) atoms. The van der Waals surface area contributed by atoms with Crippen LogP contribution in [-0.4, -0.2) is 38.3 Å². The third-order valence-corrected chi connectivity index (χ3v) is 3.67. The molecule has 0 aromatic carbocycles. The molecule has 0 radical (unpaired) electrons. The van der Waals surface area contributed by atoms with Gasteiger partial charge in [0.25, 0.3) is 0 Å². The topological polar surface area (TPSA) is 37.4 Å². The van der Waals surface area contributed by atoms with Gasteiger partial charge in [-0.3, -0.25) is 0 Å². The molecule has 1 aromatic heterocycles. The number of hydrogen-bond acceptors (Lipinski definition) is 4. The van der Waals surface area contributed by atoms with Crippen LogP contribution in [0.1, 0.15) is 51.3 Å². The zero-order chi connectivity index (χ0) is 15.8. The molecule has 4 heteroatoms. The maximum absolute atomic E-state index is 5.25. The van der Waals surface area contributed by atoms with Crippen molar-refractivity contribution < 1.29 is 4.74 Å². The minimum atomic E-state index is 0.307. The molecule has 1 rings (SSSR count). The normalized spacial score (nSPS) is 12.7. The minimum absolute atomic E-state index is 0.307. The van der Waals surface area contributed by atoms with Gasteiger partial charge in [0.1, 0.15) is 5.82 Å². The van der Waals surface area contributed by atoms with Crippen LogP contribution >= 0.6 is 0 Å². The van der Waals surface area contributed by atoms with E-state index in [4.69, 9.17) is 9.72 Å². The number of likely N-dealkylation sites (N-methyl/N-ethyl adjacent to an activating group) is 1. The Balaban J connectivity index is 2.95. The second kappa shape index (κ2) is 9.00. The highest BCUT2D eigenvalue weighted by Gasteiger charge is 2.14. The van der Waals surface area contributed by atoms with Crippen LogP contribution in [0, 0.1) is 0 Å². The van der Waals surface area contributed by atoms with Gasteiger partial charge >= 0.3 is 0 Å². The summed E-state index contributed by atoms with van der Waals surface area (Å²) in [6.07, 6.45) is 1.15. The van der Waals surface area contributed by atoms with E-state index in [1.54, 1.807) is 7.11 Å². The predicted octanol–water partition coefficient (Wildman–Crippen LogP) is 3.18. The Morgan fingerprint density at radius 3 is 2.57 bits per heavy atom. The number of methoxy groups -OCH3 is 1. The van der Waals surface area contributed by atoms with Crippen LogP contribution < -0.4 is 10.2 Å². The first-order valence-electron chi connectivity index (χ1n) is 7.92. The van der Waals surface area contributed by atoms with Crippen molar-refractivity contribution in [3.63, 3.8) is 0 Å². The number of aromatic nitrogens is 1. The average Bonchev–Trinajstić information content (AvgIpc) is 2.46. The summed E-state index contributed by atoms with van der Waals surface area (Å²) in [6, 6.07) is 4.70. The zero-order valence-electron chi connectivity index (χ0n) is 14.4. The van der Waals surface area contributed by atoms with Gasteiger partial charge in [0.15, 0.2) is 0 Å². The number of hydrogen-bond donors (Lipinski definition) is 1. The number of anilines is 1. The van der Waals surface area contributed by atoms with Gasteiger partial charge in [-0.25, -0.2) is 4.98 Å². The van der Waals surface area contributed by atoms with Gasteiger partial charge < -0.3 is 15.0 Å². The van der Waals surface area contributed by atoms with Crippen molar-refractivity contribution in [2.24, 2.45) is 0 Å². The lowest BCUT2D eigenvalue weighted by Gasteiger charge is -2.26. The highest BCUT2D eigenvalue weighted by atomic mass is 16.5. The molecule has 0 saturated carbocycles. The molecular weight excluding hydrogens is 262 g/mol. The van der Waals surface area contributed by atoms with Gasteiger partial charge in [-0.1, -0.05) is 20.8 Å². The fourth-order valence-electron chi connectivity index (χ4n) is 2.16. The summed E-state index contributed by atoms with van der Waals surface area (Å²) in [7, 11) is 3.82. The van der Waals surface area contributed by atoms with Gasteiger partial charge in [0.05, 0.1) is 12.6 Å². The monoisotopic (exact) mass is 293 g/mol. The molecule has 0 aliphatic carbocycles. The van der Waals surface area contributed by atoms with E-state index in [0.717, 1.165) is 31.0 Å². The van der Waals surface area contributed by atoms with E-state index in [1.165, 1.54) is 5.56 Å². The number of nitrogens with one attached hydrogen (secondary N) is 1.